The third kappa shape index (κ3) is 7.57. The lowest BCUT2D eigenvalue weighted by Gasteiger charge is -2.06. The molecule has 0 aliphatic carbocycles. The van der Waals surface area contributed by atoms with Gasteiger partial charge in [-0.15, -0.1) is 0 Å². The Kier molecular flexibility index (Phi) is 7.36. The van der Waals surface area contributed by atoms with Gasteiger partial charge in [-0.25, -0.2) is 0 Å². The van der Waals surface area contributed by atoms with Crippen molar-refractivity contribution in [2.75, 3.05) is 0 Å². The number of esters is 1. The second kappa shape index (κ2) is 7.84. The number of ether oxygens (including phenoxy) is 1. The van der Waals surface area contributed by atoms with Gasteiger partial charge in [0.1, 0.15) is 0 Å². The van der Waals surface area contributed by atoms with Crippen LogP contribution in [0.4, 0.5) is 0 Å². The van der Waals surface area contributed by atoms with Crippen molar-refractivity contribution in [2.45, 2.75) is 46.0 Å². The lowest BCUT2D eigenvalue weighted by molar-refractivity contribution is -0.138. The molecule has 0 aliphatic rings. The highest BCUT2D eigenvalue weighted by Crippen LogP contribution is 2.12. The molecule has 0 amide bonds. The summed E-state index contributed by atoms with van der Waals surface area (Å²) in [5.41, 5.74) is 0. The van der Waals surface area contributed by atoms with Crippen LogP contribution in [-0.4, -0.2) is 5.97 Å². The minimum Gasteiger partial charge on any atom is -0.435 e. The molecular weight excluding hydrogens is 164 g/mol. The van der Waals surface area contributed by atoms with E-state index in [1.807, 2.05) is 0 Å². The Morgan fingerprint density at radius 2 is 2.23 bits per heavy atom. The molecule has 0 saturated carbocycles. The van der Waals surface area contributed by atoms with E-state index < -0.39 is 0 Å². The van der Waals surface area contributed by atoms with Crippen molar-refractivity contribution in [2.24, 2.45) is 5.92 Å². The lowest BCUT2D eigenvalue weighted by Crippen LogP contribution is -1.99. The quantitative estimate of drug-likeness (QED) is 0.345. The molecule has 1 atom stereocenters. The first-order valence-corrected chi connectivity index (χ1v) is 5.01. The molecule has 0 heterocycles. The van der Waals surface area contributed by atoms with Crippen molar-refractivity contribution in [1.29, 1.82) is 0 Å². The van der Waals surface area contributed by atoms with E-state index in [9.17, 15) is 4.79 Å². The average molecular weight is 184 g/mol. The monoisotopic (exact) mass is 184 g/mol. The van der Waals surface area contributed by atoms with Crippen molar-refractivity contribution in [1.82, 2.24) is 0 Å². The number of hydrogen-bond acceptors (Lipinski definition) is 2. The predicted octanol–water partition coefficient (Wildman–Crippen LogP) is 3.28. The van der Waals surface area contributed by atoms with E-state index in [0.29, 0.717) is 6.42 Å². The molecule has 0 aromatic carbocycles. The zero-order valence-electron chi connectivity index (χ0n) is 8.71. The van der Waals surface area contributed by atoms with E-state index in [1.165, 1.54) is 19.1 Å². The van der Waals surface area contributed by atoms with E-state index in [1.54, 1.807) is 0 Å². The summed E-state index contributed by atoms with van der Waals surface area (Å²) < 4.78 is 4.60. The molecule has 0 fully saturated rings. The topological polar surface area (TPSA) is 26.3 Å². The minimum absolute atomic E-state index is 0.167. The molecule has 76 valence electrons. The maximum absolute atomic E-state index is 10.9. The number of rotatable bonds is 7. The van der Waals surface area contributed by atoms with Crippen molar-refractivity contribution in [3.05, 3.63) is 12.8 Å². The second-order valence-corrected chi connectivity index (χ2v) is 3.42. The van der Waals surface area contributed by atoms with Crippen LogP contribution in [0.15, 0.2) is 12.8 Å². The van der Waals surface area contributed by atoms with E-state index in [4.69, 9.17) is 0 Å². The highest BCUT2D eigenvalue weighted by atomic mass is 16.5. The Bertz CT molecular complexity index is 152. The molecule has 13 heavy (non-hydrogen) atoms. The molecule has 0 radical (unpaired) electrons. The smallest absolute Gasteiger partial charge is 0.310 e. The van der Waals surface area contributed by atoms with E-state index >= 15 is 0 Å². The molecule has 0 bridgehead atoms. The summed E-state index contributed by atoms with van der Waals surface area (Å²) in [5.74, 6) is 0.606. The lowest BCUT2D eigenvalue weighted by atomic mass is 10.0. The highest BCUT2D eigenvalue weighted by molar-refractivity contribution is 5.69. The summed E-state index contributed by atoms with van der Waals surface area (Å²) in [5, 5.41) is 0. The Morgan fingerprint density at radius 1 is 1.54 bits per heavy atom. The van der Waals surface area contributed by atoms with Gasteiger partial charge in [-0.3, -0.25) is 4.79 Å². The van der Waals surface area contributed by atoms with Crippen LogP contribution in [0.3, 0.4) is 0 Å². The molecule has 0 aromatic rings. The van der Waals surface area contributed by atoms with Gasteiger partial charge < -0.3 is 4.74 Å². The van der Waals surface area contributed by atoms with Gasteiger partial charge in [0, 0.05) is 6.42 Å². The van der Waals surface area contributed by atoms with Crippen LogP contribution in [0.25, 0.3) is 0 Å². The SMILES string of the molecule is C=COC(=O)CCCCC(C)CC. The zero-order chi connectivity index (χ0) is 10.1. The van der Waals surface area contributed by atoms with Crippen molar-refractivity contribution in [3.8, 4) is 0 Å². The molecule has 2 heteroatoms. The van der Waals surface area contributed by atoms with Gasteiger partial charge in [0.25, 0.3) is 0 Å². The summed E-state index contributed by atoms with van der Waals surface area (Å²) in [6, 6.07) is 0. The number of carbonyl (C=O) groups is 1. The molecule has 0 spiro atoms. The van der Waals surface area contributed by atoms with E-state index in [0.717, 1.165) is 18.8 Å². The zero-order valence-corrected chi connectivity index (χ0v) is 8.71. The first-order valence-electron chi connectivity index (χ1n) is 5.01. The molecule has 0 N–H and O–H groups in total. The highest BCUT2D eigenvalue weighted by Gasteiger charge is 2.02. The van der Waals surface area contributed by atoms with Crippen LogP contribution < -0.4 is 0 Å². The maximum Gasteiger partial charge on any atom is 0.310 e. The summed E-state index contributed by atoms with van der Waals surface area (Å²) in [6.07, 6.45) is 6.17. The Labute approximate surface area is 81.0 Å². The minimum atomic E-state index is -0.167. The summed E-state index contributed by atoms with van der Waals surface area (Å²) >= 11 is 0. The number of unbranched alkanes of at least 4 members (excludes halogenated alkanes) is 1. The van der Waals surface area contributed by atoms with Gasteiger partial charge in [-0.1, -0.05) is 39.7 Å². The standard InChI is InChI=1S/C11H20O2/c1-4-10(3)8-6-7-9-11(12)13-5-2/h5,10H,2,4,6-9H2,1,3H3. The van der Waals surface area contributed by atoms with Gasteiger partial charge in [0.05, 0.1) is 6.26 Å². The fourth-order valence-corrected chi connectivity index (χ4v) is 1.12. The van der Waals surface area contributed by atoms with Gasteiger partial charge in [0.15, 0.2) is 0 Å². The first kappa shape index (κ1) is 12.2. The van der Waals surface area contributed by atoms with Gasteiger partial charge >= 0.3 is 5.97 Å². The summed E-state index contributed by atoms with van der Waals surface area (Å²) in [7, 11) is 0. The molecule has 0 aliphatic heterocycles. The van der Waals surface area contributed by atoms with Crippen molar-refractivity contribution >= 4 is 5.97 Å². The third-order valence-corrected chi connectivity index (χ3v) is 2.24. The predicted molar refractivity (Wildman–Crippen MR) is 54.2 cm³/mol. The van der Waals surface area contributed by atoms with Crippen LogP contribution in [0.5, 0.6) is 0 Å². The molecular formula is C11H20O2. The van der Waals surface area contributed by atoms with Crippen molar-refractivity contribution < 1.29 is 9.53 Å². The second-order valence-electron chi connectivity index (χ2n) is 3.42. The largest absolute Gasteiger partial charge is 0.435 e. The summed E-state index contributed by atoms with van der Waals surface area (Å²) in [4.78, 5) is 10.9. The van der Waals surface area contributed by atoms with Crippen LogP contribution in [0.2, 0.25) is 0 Å². The number of carbonyl (C=O) groups excluding carboxylic acids is 1. The van der Waals surface area contributed by atoms with Crippen LogP contribution in [0.1, 0.15) is 46.0 Å². The van der Waals surface area contributed by atoms with E-state index in [2.05, 4.69) is 25.2 Å². The molecule has 0 rings (SSSR count). The van der Waals surface area contributed by atoms with Gasteiger partial charge in [-0.05, 0) is 12.3 Å². The van der Waals surface area contributed by atoms with Crippen molar-refractivity contribution in [3.63, 3.8) is 0 Å². The van der Waals surface area contributed by atoms with E-state index in [-0.39, 0.29) is 5.97 Å². The molecule has 1 unspecified atom stereocenters. The fourth-order valence-electron chi connectivity index (χ4n) is 1.12. The third-order valence-electron chi connectivity index (χ3n) is 2.24. The van der Waals surface area contributed by atoms with Crippen LogP contribution in [0, 0.1) is 5.92 Å². The summed E-state index contributed by atoms with van der Waals surface area (Å²) in [6.45, 7) is 7.76. The normalized spacial score (nSPS) is 12.2. The van der Waals surface area contributed by atoms with Gasteiger partial charge in [-0.2, -0.15) is 0 Å². The Morgan fingerprint density at radius 3 is 2.77 bits per heavy atom. The molecule has 0 saturated heterocycles. The van der Waals surface area contributed by atoms with Crippen LogP contribution in [-0.2, 0) is 9.53 Å². The van der Waals surface area contributed by atoms with Gasteiger partial charge in [0.2, 0.25) is 0 Å². The molecule has 0 aromatic heterocycles. The Hall–Kier alpha value is -0.790. The van der Waals surface area contributed by atoms with Crippen LogP contribution >= 0.6 is 0 Å². The molecule has 2 nitrogen and oxygen atoms in total. The maximum atomic E-state index is 10.9. The Balaban J connectivity index is 3.25. The average Bonchev–Trinajstić information content (AvgIpc) is 2.12. The fraction of sp³-hybridized carbons (Fsp3) is 0.727. The first-order chi connectivity index (χ1) is 6.20. The number of hydrogen-bond donors (Lipinski definition) is 0.